The first kappa shape index (κ1) is 26.6. The van der Waals surface area contributed by atoms with Crippen molar-refractivity contribution in [2.24, 2.45) is 50.7 Å². The Labute approximate surface area is 216 Å². The van der Waals surface area contributed by atoms with Crippen LogP contribution in [0.1, 0.15) is 92.9 Å². The highest BCUT2D eigenvalue weighted by atomic mass is 16.4. The van der Waals surface area contributed by atoms with Gasteiger partial charge in [-0.1, -0.05) is 46.3 Å². The highest BCUT2D eigenvalue weighted by molar-refractivity contribution is 5.77. The summed E-state index contributed by atoms with van der Waals surface area (Å²) in [4.78, 5) is 12.8. The van der Waals surface area contributed by atoms with Gasteiger partial charge in [0.25, 0.3) is 0 Å². The molecule has 0 amide bonds. The van der Waals surface area contributed by atoms with Crippen LogP contribution in [-0.4, -0.2) is 55.9 Å². The standard InChI is InChI=1S/C30H48O6/c1-17-9-12-30(24(34)35)14-13-27(4)18(22(30)29(17,6)36)7-8-20-25(2)11-10-21(33)26(3,16-31)23(25)19(32)15-28(20,27)5/h7,17,19-23,31-33,36H,8-16H2,1-6H3,(H,34,35)/t17-,19-,20-,21+,22-,23?,25-,26-,27-,28-,29-,30+/m1/s1. The molecule has 0 aromatic carbocycles. The van der Waals surface area contributed by atoms with Crippen molar-refractivity contribution in [2.75, 3.05) is 6.61 Å². The molecule has 12 atom stereocenters. The smallest absolute Gasteiger partial charge is 0.310 e. The molecule has 5 aliphatic rings. The lowest BCUT2D eigenvalue weighted by atomic mass is 9.32. The molecule has 5 N–H and O–H groups in total. The van der Waals surface area contributed by atoms with Crippen molar-refractivity contribution in [1.29, 1.82) is 0 Å². The molecule has 0 aromatic heterocycles. The van der Waals surface area contributed by atoms with E-state index in [1.165, 1.54) is 0 Å². The zero-order valence-electron chi connectivity index (χ0n) is 23.0. The summed E-state index contributed by atoms with van der Waals surface area (Å²) in [5, 5.41) is 55.6. The minimum absolute atomic E-state index is 0.00712. The SMILES string of the molecule is C[C@@H]1CC[C@]2(C(=O)O)CC[C@]3(C)C(=CC[C@@H]4[C@@]5(C)CC[C@H](O)[C@@](C)(CO)C5[C@H](O)C[C@]43C)[C@@H]2[C@]1(C)O. The third kappa shape index (κ3) is 2.91. The van der Waals surface area contributed by atoms with E-state index >= 15 is 0 Å². The molecule has 0 radical (unpaired) electrons. The molecule has 4 saturated carbocycles. The zero-order chi connectivity index (χ0) is 26.7. The number of hydrogen-bond acceptors (Lipinski definition) is 5. The van der Waals surface area contributed by atoms with Crippen molar-refractivity contribution in [2.45, 2.75) is 111 Å². The number of rotatable bonds is 2. The minimum atomic E-state index is -1.11. The van der Waals surface area contributed by atoms with Crippen LogP contribution in [0.25, 0.3) is 0 Å². The van der Waals surface area contributed by atoms with Crippen LogP contribution < -0.4 is 0 Å². The Balaban J connectivity index is 1.66. The fourth-order valence-electron chi connectivity index (χ4n) is 11.0. The lowest BCUT2D eigenvalue weighted by Gasteiger charge is -2.72. The van der Waals surface area contributed by atoms with Crippen LogP contribution in [0.4, 0.5) is 0 Å². The zero-order valence-corrected chi connectivity index (χ0v) is 23.0. The second kappa shape index (κ2) is 7.80. The van der Waals surface area contributed by atoms with Crippen LogP contribution in [-0.2, 0) is 4.79 Å². The summed E-state index contributed by atoms with van der Waals surface area (Å²) < 4.78 is 0. The lowest BCUT2D eigenvalue weighted by molar-refractivity contribution is -0.255. The number of aliphatic hydroxyl groups is 4. The van der Waals surface area contributed by atoms with Gasteiger partial charge in [-0.15, -0.1) is 0 Å². The average Bonchev–Trinajstić information content (AvgIpc) is 2.79. The van der Waals surface area contributed by atoms with Crippen LogP contribution >= 0.6 is 0 Å². The molecule has 5 rings (SSSR count). The Kier molecular flexibility index (Phi) is 5.77. The first-order valence-electron chi connectivity index (χ1n) is 14.2. The van der Waals surface area contributed by atoms with Crippen molar-refractivity contribution in [3.8, 4) is 0 Å². The predicted molar refractivity (Wildman–Crippen MR) is 137 cm³/mol. The van der Waals surface area contributed by atoms with E-state index in [4.69, 9.17) is 0 Å². The van der Waals surface area contributed by atoms with Gasteiger partial charge in [0.2, 0.25) is 0 Å². The molecule has 6 nitrogen and oxygen atoms in total. The molecular weight excluding hydrogens is 456 g/mol. The third-order valence-electron chi connectivity index (χ3n) is 13.5. The number of allylic oxidation sites excluding steroid dienone is 1. The van der Waals surface area contributed by atoms with Crippen molar-refractivity contribution >= 4 is 5.97 Å². The Bertz CT molecular complexity index is 974. The molecule has 36 heavy (non-hydrogen) atoms. The summed E-state index contributed by atoms with van der Waals surface area (Å²) in [7, 11) is 0. The molecule has 0 heterocycles. The summed E-state index contributed by atoms with van der Waals surface area (Å²) in [6, 6.07) is 0. The number of aliphatic hydroxyl groups excluding tert-OH is 3. The molecule has 0 aromatic rings. The third-order valence-corrected chi connectivity index (χ3v) is 13.5. The summed E-state index contributed by atoms with van der Waals surface area (Å²) in [5.74, 6) is -1.21. The molecule has 0 saturated heterocycles. The van der Waals surface area contributed by atoms with E-state index in [0.717, 1.165) is 24.8 Å². The maximum Gasteiger partial charge on any atom is 0.310 e. The number of carbonyl (C=O) groups is 1. The normalized spacial score (nSPS) is 58.6. The van der Waals surface area contributed by atoms with Gasteiger partial charge in [0.15, 0.2) is 0 Å². The van der Waals surface area contributed by atoms with E-state index < -0.39 is 40.5 Å². The first-order chi connectivity index (χ1) is 16.6. The van der Waals surface area contributed by atoms with Gasteiger partial charge in [-0.3, -0.25) is 4.79 Å². The molecule has 0 bridgehead atoms. The fraction of sp³-hybridized carbons (Fsp3) is 0.900. The van der Waals surface area contributed by atoms with E-state index in [0.29, 0.717) is 32.1 Å². The monoisotopic (exact) mass is 504 g/mol. The van der Waals surface area contributed by atoms with Crippen molar-refractivity contribution in [3.05, 3.63) is 11.6 Å². The largest absolute Gasteiger partial charge is 0.481 e. The molecule has 6 heteroatoms. The van der Waals surface area contributed by atoms with E-state index in [-0.39, 0.29) is 40.6 Å². The van der Waals surface area contributed by atoms with Gasteiger partial charge in [-0.25, -0.2) is 0 Å². The van der Waals surface area contributed by atoms with Crippen molar-refractivity contribution < 1.29 is 30.3 Å². The number of aliphatic carboxylic acids is 1. The second-order valence-electron chi connectivity index (χ2n) is 14.7. The Hall–Kier alpha value is -0.950. The van der Waals surface area contributed by atoms with Gasteiger partial charge in [0.1, 0.15) is 0 Å². The van der Waals surface area contributed by atoms with Crippen LogP contribution in [0.15, 0.2) is 11.6 Å². The average molecular weight is 505 g/mol. The van der Waals surface area contributed by atoms with E-state index in [1.54, 1.807) is 0 Å². The number of hydrogen-bond donors (Lipinski definition) is 5. The van der Waals surface area contributed by atoms with Crippen LogP contribution in [0, 0.1) is 50.7 Å². The summed E-state index contributed by atoms with van der Waals surface area (Å²) >= 11 is 0. The van der Waals surface area contributed by atoms with Crippen molar-refractivity contribution in [3.63, 3.8) is 0 Å². The van der Waals surface area contributed by atoms with E-state index in [2.05, 4.69) is 26.8 Å². The van der Waals surface area contributed by atoms with Gasteiger partial charge in [0.05, 0.1) is 29.8 Å². The maximum absolute atomic E-state index is 12.8. The van der Waals surface area contributed by atoms with E-state index in [9.17, 15) is 30.3 Å². The number of carboxylic acid groups (broad SMARTS) is 1. The summed E-state index contributed by atoms with van der Waals surface area (Å²) in [5.41, 5.74) is -2.62. The molecule has 5 aliphatic carbocycles. The second-order valence-corrected chi connectivity index (χ2v) is 14.7. The topological polar surface area (TPSA) is 118 Å². The highest BCUT2D eigenvalue weighted by Gasteiger charge is 2.73. The molecule has 0 spiro atoms. The molecule has 1 unspecified atom stereocenters. The Morgan fingerprint density at radius 1 is 1.03 bits per heavy atom. The van der Waals surface area contributed by atoms with Crippen LogP contribution in [0.5, 0.6) is 0 Å². The highest BCUT2D eigenvalue weighted by Crippen LogP contribution is 2.76. The predicted octanol–water partition coefficient (Wildman–Crippen LogP) is 4.15. The molecule has 204 valence electrons. The van der Waals surface area contributed by atoms with Gasteiger partial charge >= 0.3 is 5.97 Å². The molecule has 4 fully saturated rings. The van der Waals surface area contributed by atoms with Gasteiger partial charge in [-0.05, 0) is 86.4 Å². The number of fused-ring (bicyclic) bond motifs is 7. The minimum Gasteiger partial charge on any atom is -0.481 e. The van der Waals surface area contributed by atoms with Crippen LogP contribution in [0.2, 0.25) is 0 Å². The van der Waals surface area contributed by atoms with Gasteiger partial charge < -0.3 is 25.5 Å². The quantitative estimate of drug-likeness (QED) is 0.361. The van der Waals surface area contributed by atoms with Gasteiger partial charge in [0, 0.05) is 17.3 Å². The Morgan fingerprint density at radius 3 is 2.31 bits per heavy atom. The van der Waals surface area contributed by atoms with Gasteiger partial charge in [-0.2, -0.15) is 0 Å². The molecular formula is C30H48O6. The maximum atomic E-state index is 12.8. The molecule has 0 aliphatic heterocycles. The summed E-state index contributed by atoms with van der Waals surface area (Å²) in [6.07, 6.45) is 6.26. The fourth-order valence-corrected chi connectivity index (χ4v) is 11.0. The Morgan fingerprint density at radius 2 is 1.69 bits per heavy atom. The summed E-state index contributed by atoms with van der Waals surface area (Å²) in [6.45, 7) is 12.5. The van der Waals surface area contributed by atoms with Crippen molar-refractivity contribution in [1.82, 2.24) is 0 Å². The van der Waals surface area contributed by atoms with E-state index in [1.807, 2.05) is 20.8 Å². The first-order valence-corrected chi connectivity index (χ1v) is 14.2. The van der Waals surface area contributed by atoms with Crippen LogP contribution in [0.3, 0.4) is 0 Å². The number of carboxylic acids is 1. The lowest BCUT2D eigenvalue weighted by Crippen LogP contribution is -2.70.